The molecule has 0 saturated heterocycles. The van der Waals surface area contributed by atoms with Crippen molar-refractivity contribution in [3.05, 3.63) is 47.8 Å². The van der Waals surface area contributed by atoms with Crippen LogP contribution in [-0.2, 0) is 6.42 Å². The number of para-hydroxylation sites is 1. The molecule has 0 amide bonds. The molecule has 0 saturated carbocycles. The van der Waals surface area contributed by atoms with Gasteiger partial charge in [-0.3, -0.25) is 0 Å². The zero-order valence-corrected chi connectivity index (χ0v) is 10.3. The molecule has 1 atom stereocenters. The van der Waals surface area contributed by atoms with Crippen molar-refractivity contribution in [2.75, 3.05) is 0 Å². The molecule has 17 heavy (non-hydrogen) atoms. The molecule has 3 rings (SSSR count). The van der Waals surface area contributed by atoms with E-state index < -0.39 is 0 Å². The van der Waals surface area contributed by atoms with Crippen molar-refractivity contribution in [3.63, 3.8) is 0 Å². The smallest absolute Gasteiger partial charge is 0.0648 e. The minimum Gasteiger partial charge on any atom is -0.238 e. The maximum atomic E-state index is 4.58. The van der Waals surface area contributed by atoms with E-state index in [1.54, 1.807) is 0 Å². The average Bonchev–Trinajstić information content (AvgIpc) is 2.83. The summed E-state index contributed by atoms with van der Waals surface area (Å²) in [6.45, 7) is 2.28. The Bertz CT molecular complexity index is 499. The highest BCUT2D eigenvalue weighted by Crippen LogP contribution is 2.34. The van der Waals surface area contributed by atoms with Gasteiger partial charge in [-0.25, -0.2) is 4.68 Å². The summed E-state index contributed by atoms with van der Waals surface area (Å²) in [6.07, 6.45) is 7.10. The van der Waals surface area contributed by atoms with Gasteiger partial charge in [0.1, 0.15) is 0 Å². The lowest BCUT2D eigenvalue weighted by Gasteiger charge is -2.21. The van der Waals surface area contributed by atoms with Crippen LogP contribution < -0.4 is 0 Å². The maximum absolute atomic E-state index is 4.58. The summed E-state index contributed by atoms with van der Waals surface area (Å²) < 4.78 is 2.12. The van der Waals surface area contributed by atoms with Crippen LogP contribution in [0.3, 0.4) is 0 Å². The fraction of sp³-hybridized carbons (Fsp3) is 0.400. The molecule has 1 aliphatic carbocycles. The number of benzene rings is 1. The van der Waals surface area contributed by atoms with Gasteiger partial charge >= 0.3 is 0 Å². The average molecular weight is 226 g/mol. The Morgan fingerprint density at radius 1 is 1.29 bits per heavy atom. The summed E-state index contributed by atoms with van der Waals surface area (Å²) >= 11 is 0. The van der Waals surface area contributed by atoms with Crippen LogP contribution >= 0.6 is 0 Å². The van der Waals surface area contributed by atoms with Gasteiger partial charge in [0.15, 0.2) is 0 Å². The third kappa shape index (κ3) is 1.78. The SMILES string of the molecule is CC[C@@H]1CCCc2c1cnn2-c1ccccc1. The first-order valence-corrected chi connectivity index (χ1v) is 6.52. The molecule has 2 aromatic rings. The van der Waals surface area contributed by atoms with Gasteiger partial charge < -0.3 is 0 Å². The second-order valence-electron chi connectivity index (χ2n) is 4.79. The second kappa shape index (κ2) is 4.36. The molecule has 0 radical (unpaired) electrons. The Balaban J connectivity index is 2.06. The molecule has 0 aliphatic heterocycles. The van der Waals surface area contributed by atoms with Crippen LogP contribution in [0.4, 0.5) is 0 Å². The highest BCUT2D eigenvalue weighted by Gasteiger charge is 2.23. The molecule has 0 unspecified atom stereocenters. The number of rotatable bonds is 2. The van der Waals surface area contributed by atoms with Crippen molar-refractivity contribution in [1.82, 2.24) is 9.78 Å². The van der Waals surface area contributed by atoms with Gasteiger partial charge in [-0.1, -0.05) is 25.1 Å². The molecule has 0 bridgehead atoms. The van der Waals surface area contributed by atoms with Gasteiger partial charge in [-0.05, 0) is 49.3 Å². The van der Waals surface area contributed by atoms with E-state index in [1.165, 1.54) is 42.6 Å². The molecular weight excluding hydrogens is 208 g/mol. The third-order valence-electron chi connectivity index (χ3n) is 3.80. The van der Waals surface area contributed by atoms with E-state index in [4.69, 9.17) is 0 Å². The molecule has 0 fully saturated rings. The number of fused-ring (bicyclic) bond motifs is 1. The van der Waals surface area contributed by atoms with Crippen molar-refractivity contribution in [3.8, 4) is 5.69 Å². The fourth-order valence-corrected chi connectivity index (χ4v) is 2.86. The first-order valence-electron chi connectivity index (χ1n) is 6.52. The molecule has 2 nitrogen and oxygen atoms in total. The van der Waals surface area contributed by atoms with Crippen LogP contribution in [-0.4, -0.2) is 9.78 Å². The molecule has 1 heterocycles. The number of hydrogen-bond donors (Lipinski definition) is 0. The van der Waals surface area contributed by atoms with Crippen molar-refractivity contribution in [2.45, 2.75) is 38.5 Å². The van der Waals surface area contributed by atoms with Gasteiger partial charge in [-0.2, -0.15) is 5.10 Å². The molecule has 2 heteroatoms. The monoisotopic (exact) mass is 226 g/mol. The Kier molecular flexibility index (Phi) is 2.71. The first kappa shape index (κ1) is 10.6. The van der Waals surface area contributed by atoms with E-state index in [0.717, 1.165) is 5.92 Å². The summed E-state index contributed by atoms with van der Waals surface area (Å²) in [4.78, 5) is 0. The van der Waals surface area contributed by atoms with E-state index in [9.17, 15) is 0 Å². The Hall–Kier alpha value is -1.57. The summed E-state index contributed by atoms with van der Waals surface area (Å²) in [5.41, 5.74) is 4.09. The van der Waals surface area contributed by atoms with Crippen molar-refractivity contribution in [2.24, 2.45) is 0 Å². The van der Waals surface area contributed by atoms with Crippen LogP contribution in [0, 0.1) is 0 Å². The van der Waals surface area contributed by atoms with E-state index in [0.29, 0.717) is 0 Å². The quantitative estimate of drug-likeness (QED) is 0.763. The zero-order chi connectivity index (χ0) is 11.7. The summed E-state index contributed by atoms with van der Waals surface area (Å²) in [5, 5.41) is 4.58. The van der Waals surface area contributed by atoms with Crippen molar-refractivity contribution >= 4 is 0 Å². The molecule has 1 aromatic heterocycles. The fourth-order valence-electron chi connectivity index (χ4n) is 2.86. The van der Waals surface area contributed by atoms with Gasteiger partial charge in [0.05, 0.1) is 11.9 Å². The number of aromatic nitrogens is 2. The van der Waals surface area contributed by atoms with E-state index in [1.807, 2.05) is 6.07 Å². The lowest BCUT2D eigenvalue weighted by Crippen LogP contribution is -2.11. The van der Waals surface area contributed by atoms with Crippen LogP contribution in [0.1, 0.15) is 43.4 Å². The van der Waals surface area contributed by atoms with Gasteiger partial charge in [-0.15, -0.1) is 0 Å². The highest BCUT2D eigenvalue weighted by molar-refractivity contribution is 5.37. The Morgan fingerprint density at radius 2 is 2.12 bits per heavy atom. The maximum Gasteiger partial charge on any atom is 0.0648 e. The lowest BCUT2D eigenvalue weighted by atomic mass is 9.85. The first-order chi connectivity index (χ1) is 8.40. The largest absolute Gasteiger partial charge is 0.238 e. The summed E-state index contributed by atoms with van der Waals surface area (Å²) in [6, 6.07) is 10.5. The molecular formula is C15H18N2. The van der Waals surface area contributed by atoms with Crippen molar-refractivity contribution in [1.29, 1.82) is 0 Å². The summed E-state index contributed by atoms with van der Waals surface area (Å²) in [5.74, 6) is 0.719. The standard InChI is InChI=1S/C15H18N2/c1-2-12-7-6-10-15-14(12)11-16-17(15)13-8-4-3-5-9-13/h3-5,8-9,11-12H,2,6-7,10H2,1H3/t12-/m1/s1. The van der Waals surface area contributed by atoms with Gasteiger partial charge in [0.25, 0.3) is 0 Å². The Morgan fingerprint density at radius 3 is 2.88 bits per heavy atom. The van der Waals surface area contributed by atoms with Crippen LogP contribution in [0.2, 0.25) is 0 Å². The lowest BCUT2D eigenvalue weighted by molar-refractivity contribution is 0.530. The Labute approximate surface area is 102 Å². The number of hydrogen-bond acceptors (Lipinski definition) is 1. The topological polar surface area (TPSA) is 17.8 Å². The zero-order valence-electron chi connectivity index (χ0n) is 10.3. The molecule has 0 spiro atoms. The van der Waals surface area contributed by atoms with E-state index in [-0.39, 0.29) is 0 Å². The molecule has 1 aliphatic rings. The van der Waals surface area contributed by atoms with Crippen LogP contribution in [0.5, 0.6) is 0 Å². The normalized spacial score (nSPS) is 19.0. The highest BCUT2D eigenvalue weighted by atomic mass is 15.3. The predicted octanol–water partition coefficient (Wildman–Crippen LogP) is 3.70. The van der Waals surface area contributed by atoms with E-state index >= 15 is 0 Å². The predicted molar refractivity (Wildman–Crippen MR) is 69.5 cm³/mol. The molecule has 88 valence electrons. The minimum absolute atomic E-state index is 0.719. The van der Waals surface area contributed by atoms with Gasteiger partial charge in [0.2, 0.25) is 0 Å². The third-order valence-corrected chi connectivity index (χ3v) is 3.80. The number of nitrogens with zero attached hydrogens (tertiary/aromatic N) is 2. The van der Waals surface area contributed by atoms with Crippen LogP contribution in [0.15, 0.2) is 36.5 Å². The summed E-state index contributed by atoms with van der Waals surface area (Å²) in [7, 11) is 0. The minimum atomic E-state index is 0.719. The molecule has 0 N–H and O–H groups in total. The van der Waals surface area contributed by atoms with E-state index in [2.05, 4.69) is 47.2 Å². The molecule has 1 aromatic carbocycles. The van der Waals surface area contributed by atoms with Gasteiger partial charge in [0, 0.05) is 5.69 Å². The van der Waals surface area contributed by atoms with Crippen LogP contribution in [0.25, 0.3) is 5.69 Å². The van der Waals surface area contributed by atoms with Crippen molar-refractivity contribution < 1.29 is 0 Å². The second-order valence-corrected chi connectivity index (χ2v) is 4.79.